The van der Waals surface area contributed by atoms with Crippen molar-refractivity contribution in [2.75, 3.05) is 19.7 Å². The van der Waals surface area contributed by atoms with Crippen LogP contribution in [-0.2, 0) is 11.0 Å². The van der Waals surface area contributed by atoms with Crippen LogP contribution in [0.15, 0.2) is 52.9 Å². The number of para-hydroxylation sites is 1. The summed E-state index contributed by atoms with van der Waals surface area (Å²) in [6.45, 7) is 2.90. The number of amides is 1. The fourth-order valence-electron chi connectivity index (χ4n) is 3.67. The van der Waals surface area contributed by atoms with E-state index >= 15 is 0 Å². The number of carbonyl (C=O) groups is 1. The molecule has 0 aliphatic carbocycles. The molecule has 9 heteroatoms. The van der Waals surface area contributed by atoms with Gasteiger partial charge in [0.15, 0.2) is 6.61 Å². The Labute approximate surface area is 183 Å². The molecule has 0 radical (unpaired) electrons. The lowest BCUT2D eigenvalue weighted by atomic mass is 9.98. The highest BCUT2D eigenvalue weighted by Crippen LogP contribution is 2.32. The lowest BCUT2D eigenvalue weighted by Gasteiger charge is -2.31. The van der Waals surface area contributed by atoms with Gasteiger partial charge in [0.2, 0.25) is 11.8 Å². The van der Waals surface area contributed by atoms with Crippen molar-refractivity contribution in [1.29, 1.82) is 0 Å². The monoisotopic (exact) mass is 445 g/mol. The topological polar surface area (TPSA) is 68.5 Å². The third kappa shape index (κ3) is 4.92. The van der Waals surface area contributed by atoms with Crippen LogP contribution in [0.3, 0.4) is 0 Å². The molecule has 6 nitrogen and oxygen atoms in total. The summed E-state index contributed by atoms with van der Waals surface area (Å²) in [4.78, 5) is 14.4. The second-order valence-corrected chi connectivity index (χ2v) is 7.75. The molecule has 4 rings (SSSR count). The first-order valence-electron chi connectivity index (χ1n) is 10.3. The predicted octanol–water partition coefficient (Wildman–Crippen LogP) is 4.85. The maximum absolute atomic E-state index is 12.7. The number of hydrogen-bond donors (Lipinski definition) is 0. The van der Waals surface area contributed by atoms with Gasteiger partial charge in [0, 0.05) is 18.7 Å². The van der Waals surface area contributed by atoms with Crippen LogP contribution in [0.5, 0.6) is 5.75 Å². The molecule has 1 fully saturated rings. The van der Waals surface area contributed by atoms with Crippen LogP contribution in [0.4, 0.5) is 13.2 Å². The molecule has 1 saturated heterocycles. The number of benzene rings is 2. The van der Waals surface area contributed by atoms with E-state index in [1.165, 1.54) is 12.1 Å². The Balaban J connectivity index is 1.39. The largest absolute Gasteiger partial charge is 0.484 e. The molecule has 2 aromatic carbocycles. The second kappa shape index (κ2) is 9.02. The molecule has 0 bridgehead atoms. The van der Waals surface area contributed by atoms with E-state index in [1.54, 1.807) is 4.90 Å². The molecule has 1 aromatic heterocycles. The Hall–Kier alpha value is -3.36. The van der Waals surface area contributed by atoms with Gasteiger partial charge in [-0.3, -0.25) is 4.79 Å². The van der Waals surface area contributed by atoms with Crippen LogP contribution in [-0.4, -0.2) is 40.7 Å². The van der Waals surface area contributed by atoms with Crippen molar-refractivity contribution >= 4 is 5.91 Å². The maximum Gasteiger partial charge on any atom is 0.416 e. The van der Waals surface area contributed by atoms with E-state index < -0.39 is 11.7 Å². The van der Waals surface area contributed by atoms with Crippen molar-refractivity contribution in [1.82, 2.24) is 15.1 Å². The molecule has 1 unspecified atom stereocenters. The van der Waals surface area contributed by atoms with Gasteiger partial charge < -0.3 is 14.1 Å². The average molecular weight is 445 g/mol. The smallest absolute Gasteiger partial charge is 0.416 e. The summed E-state index contributed by atoms with van der Waals surface area (Å²) in [5, 5.41) is 8.06. The molecule has 2 heterocycles. The first kappa shape index (κ1) is 21.9. The Kier molecular flexibility index (Phi) is 6.16. The Morgan fingerprint density at radius 2 is 1.91 bits per heavy atom. The van der Waals surface area contributed by atoms with Crippen molar-refractivity contribution in [3.05, 3.63) is 65.5 Å². The van der Waals surface area contributed by atoms with Crippen LogP contribution in [0.25, 0.3) is 11.5 Å². The summed E-state index contributed by atoms with van der Waals surface area (Å²) >= 11 is 0. The fourth-order valence-corrected chi connectivity index (χ4v) is 3.67. The minimum absolute atomic E-state index is 0.0573. The molecule has 1 amide bonds. The Morgan fingerprint density at radius 3 is 2.62 bits per heavy atom. The highest BCUT2D eigenvalue weighted by molar-refractivity contribution is 5.78. The van der Waals surface area contributed by atoms with Crippen LogP contribution in [0.2, 0.25) is 0 Å². The van der Waals surface area contributed by atoms with Crippen LogP contribution < -0.4 is 4.74 Å². The molecule has 1 aliphatic rings. The van der Waals surface area contributed by atoms with Crippen molar-refractivity contribution in [3.8, 4) is 17.2 Å². The van der Waals surface area contributed by atoms with Gasteiger partial charge in [-0.15, -0.1) is 10.2 Å². The molecule has 3 aromatic rings. The molecule has 0 spiro atoms. The standard InChI is InChI=1S/C23H22F3N3O3/c1-15-5-2-3-7-19(15)31-14-20(30)29-12-4-6-17(13-29)22-28-27-21(32-22)16-8-10-18(11-9-16)23(24,25)26/h2-3,5,7-11,17H,4,6,12-14H2,1H3. The summed E-state index contributed by atoms with van der Waals surface area (Å²) in [5.41, 5.74) is 0.626. The normalized spacial score (nSPS) is 16.8. The van der Waals surface area contributed by atoms with Gasteiger partial charge in [-0.05, 0) is 55.7 Å². The zero-order valence-corrected chi connectivity index (χ0v) is 17.4. The Bertz CT molecular complexity index is 1080. The highest BCUT2D eigenvalue weighted by Gasteiger charge is 2.31. The van der Waals surface area contributed by atoms with Crippen molar-refractivity contribution in [3.63, 3.8) is 0 Å². The predicted molar refractivity (Wildman–Crippen MR) is 110 cm³/mol. The van der Waals surface area contributed by atoms with Gasteiger partial charge in [0.1, 0.15) is 5.75 Å². The van der Waals surface area contributed by atoms with Gasteiger partial charge in [0.05, 0.1) is 11.5 Å². The van der Waals surface area contributed by atoms with E-state index in [1.807, 2.05) is 31.2 Å². The lowest BCUT2D eigenvalue weighted by molar-refractivity contribution is -0.137. The number of aromatic nitrogens is 2. The minimum Gasteiger partial charge on any atom is -0.484 e. The summed E-state index contributed by atoms with van der Waals surface area (Å²) in [5.74, 6) is 0.937. The lowest BCUT2D eigenvalue weighted by Crippen LogP contribution is -2.41. The number of ether oxygens (including phenoxy) is 1. The number of carbonyl (C=O) groups excluding carboxylic acids is 1. The van der Waals surface area contributed by atoms with E-state index in [9.17, 15) is 18.0 Å². The number of hydrogen-bond acceptors (Lipinski definition) is 5. The molecule has 1 atom stereocenters. The summed E-state index contributed by atoms with van der Waals surface area (Å²) in [7, 11) is 0. The molecular formula is C23H22F3N3O3. The van der Waals surface area contributed by atoms with Gasteiger partial charge in [-0.2, -0.15) is 13.2 Å². The zero-order valence-electron chi connectivity index (χ0n) is 17.4. The van der Waals surface area contributed by atoms with Crippen LogP contribution in [0.1, 0.15) is 35.8 Å². The number of aryl methyl sites for hydroxylation is 1. The summed E-state index contributed by atoms with van der Waals surface area (Å²) in [6.07, 6.45) is -2.85. The third-order valence-electron chi connectivity index (χ3n) is 5.47. The van der Waals surface area contributed by atoms with E-state index in [2.05, 4.69) is 10.2 Å². The zero-order chi connectivity index (χ0) is 22.7. The number of rotatable bonds is 5. The van der Waals surface area contributed by atoms with E-state index in [4.69, 9.17) is 9.15 Å². The maximum atomic E-state index is 12.7. The molecular weight excluding hydrogens is 423 g/mol. The van der Waals surface area contributed by atoms with Gasteiger partial charge in [0.25, 0.3) is 5.91 Å². The minimum atomic E-state index is -4.40. The molecule has 0 saturated carbocycles. The molecule has 168 valence electrons. The second-order valence-electron chi connectivity index (χ2n) is 7.75. The summed E-state index contributed by atoms with van der Waals surface area (Å²) < 4.78 is 49.6. The van der Waals surface area contributed by atoms with E-state index in [0.29, 0.717) is 30.3 Å². The fraction of sp³-hybridized carbons (Fsp3) is 0.348. The number of nitrogens with zero attached hydrogens (tertiary/aromatic N) is 3. The Morgan fingerprint density at radius 1 is 1.16 bits per heavy atom. The molecule has 0 N–H and O–H groups in total. The van der Waals surface area contributed by atoms with Gasteiger partial charge in [-0.25, -0.2) is 0 Å². The summed E-state index contributed by atoms with van der Waals surface area (Å²) in [6, 6.07) is 12.1. The average Bonchev–Trinajstić information content (AvgIpc) is 3.28. The van der Waals surface area contributed by atoms with Gasteiger partial charge in [-0.1, -0.05) is 18.2 Å². The first-order valence-corrected chi connectivity index (χ1v) is 10.3. The first-order chi connectivity index (χ1) is 15.3. The number of alkyl halides is 3. The van der Waals surface area contributed by atoms with E-state index in [0.717, 1.165) is 30.5 Å². The van der Waals surface area contributed by atoms with Crippen molar-refractivity contribution in [2.45, 2.75) is 31.9 Å². The highest BCUT2D eigenvalue weighted by atomic mass is 19.4. The van der Waals surface area contributed by atoms with Crippen LogP contribution >= 0.6 is 0 Å². The molecule has 32 heavy (non-hydrogen) atoms. The van der Waals surface area contributed by atoms with Crippen molar-refractivity contribution in [2.24, 2.45) is 0 Å². The number of piperidine rings is 1. The van der Waals surface area contributed by atoms with Crippen molar-refractivity contribution < 1.29 is 27.1 Å². The van der Waals surface area contributed by atoms with Gasteiger partial charge >= 0.3 is 6.18 Å². The van der Waals surface area contributed by atoms with E-state index in [-0.39, 0.29) is 24.3 Å². The number of halogens is 3. The number of likely N-dealkylation sites (tertiary alicyclic amines) is 1. The van der Waals surface area contributed by atoms with Crippen LogP contribution in [0, 0.1) is 6.92 Å². The quantitative estimate of drug-likeness (QED) is 0.562. The third-order valence-corrected chi connectivity index (χ3v) is 5.47. The SMILES string of the molecule is Cc1ccccc1OCC(=O)N1CCCC(c2nnc(-c3ccc(C(F)(F)F)cc3)o2)C1. The molecule has 1 aliphatic heterocycles.